The van der Waals surface area contributed by atoms with E-state index in [1.165, 1.54) is 24.3 Å². The van der Waals surface area contributed by atoms with Gasteiger partial charge in [-0.3, -0.25) is 9.59 Å². The summed E-state index contributed by atoms with van der Waals surface area (Å²) in [6, 6.07) is 11.8. The first kappa shape index (κ1) is 18.6. The molecule has 2 aromatic rings. The number of aryl methyl sites for hydroxylation is 1. The SMILES string of the molecule is CCc1ccc(NC(=O)C(=O)NC(C)C(O)c2ccc(F)cc2)cc1. The van der Waals surface area contributed by atoms with Crippen molar-refractivity contribution < 1.29 is 19.1 Å². The molecule has 0 aromatic heterocycles. The third-order valence-corrected chi connectivity index (χ3v) is 3.87. The maximum Gasteiger partial charge on any atom is 0.313 e. The van der Waals surface area contributed by atoms with Gasteiger partial charge in [0.25, 0.3) is 0 Å². The van der Waals surface area contributed by atoms with Crippen molar-refractivity contribution in [3.05, 3.63) is 65.5 Å². The van der Waals surface area contributed by atoms with Crippen LogP contribution >= 0.6 is 0 Å². The largest absolute Gasteiger partial charge is 0.386 e. The maximum absolute atomic E-state index is 12.9. The fraction of sp³-hybridized carbons (Fsp3) is 0.263. The lowest BCUT2D eigenvalue weighted by molar-refractivity contribution is -0.137. The number of aliphatic hydroxyl groups is 1. The number of nitrogens with one attached hydrogen (secondary N) is 2. The van der Waals surface area contributed by atoms with E-state index in [0.717, 1.165) is 12.0 Å². The number of carbonyl (C=O) groups is 2. The van der Waals surface area contributed by atoms with Crippen LogP contribution in [0.2, 0.25) is 0 Å². The highest BCUT2D eigenvalue weighted by molar-refractivity contribution is 6.39. The number of benzene rings is 2. The van der Waals surface area contributed by atoms with Crippen LogP contribution in [-0.4, -0.2) is 23.0 Å². The molecule has 2 amide bonds. The van der Waals surface area contributed by atoms with Gasteiger partial charge in [0, 0.05) is 5.69 Å². The summed E-state index contributed by atoms with van der Waals surface area (Å²) >= 11 is 0. The predicted octanol–water partition coefficient (Wildman–Crippen LogP) is 2.56. The lowest BCUT2D eigenvalue weighted by atomic mass is 10.0. The minimum Gasteiger partial charge on any atom is -0.386 e. The van der Waals surface area contributed by atoms with Gasteiger partial charge in [-0.05, 0) is 48.7 Å². The number of rotatable bonds is 5. The van der Waals surface area contributed by atoms with Crippen LogP contribution in [-0.2, 0) is 16.0 Å². The number of halogens is 1. The number of hydrogen-bond acceptors (Lipinski definition) is 3. The zero-order valence-corrected chi connectivity index (χ0v) is 14.1. The summed E-state index contributed by atoms with van der Waals surface area (Å²) < 4.78 is 12.9. The Bertz CT molecular complexity index is 729. The second kappa shape index (κ2) is 8.39. The third kappa shape index (κ3) is 5.12. The standard InChI is InChI=1S/C19H21FN2O3/c1-3-13-4-10-16(11-5-13)22-19(25)18(24)21-12(2)17(23)14-6-8-15(20)9-7-14/h4-12,17,23H,3H2,1-2H3,(H,21,24)(H,22,25). The summed E-state index contributed by atoms with van der Waals surface area (Å²) in [5.74, 6) is -2.09. The van der Waals surface area contributed by atoms with E-state index < -0.39 is 29.8 Å². The van der Waals surface area contributed by atoms with Gasteiger partial charge in [-0.15, -0.1) is 0 Å². The molecular weight excluding hydrogens is 323 g/mol. The van der Waals surface area contributed by atoms with Gasteiger partial charge in [-0.1, -0.05) is 31.2 Å². The zero-order valence-electron chi connectivity index (χ0n) is 14.1. The van der Waals surface area contributed by atoms with Gasteiger partial charge >= 0.3 is 11.8 Å². The Morgan fingerprint density at radius 3 is 2.20 bits per heavy atom. The number of hydrogen-bond donors (Lipinski definition) is 3. The molecule has 25 heavy (non-hydrogen) atoms. The summed E-state index contributed by atoms with van der Waals surface area (Å²) in [6.45, 7) is 3.59. The fourth-order valence-electron chi connectivity index (χ4n) is 2.31. The van der Waals surface area contributed by atoms with E-state index in [2.05, 4.69) is 10.6 Å². The molecule has 3 N–H and O–H groups in total. The molecule has 0 aliphatic heterocycles. The Kier molecular flexibility index (Phi) is 6.25. The molecule has 2 atom stereocenters. The highest BCUT2D eigenvalue weighted by atomic mass is 19.1. The van der Waals surface area contributed by atoms with Crippen LogP contribution < -0.4 is 10.6 Å². The van der Waals surface area contributed by atoms with Crippen molar-refractivity contribution in [2.24, 2.45) is 0 Å². The number of amides is 2. The average Bonchev–Trinajstić information content (AvgIpc) is 2.62. The first-order valence-electron chi connectivity index (χ1n) is 8.05. The lowest BCUT2D eigenvalue weighted by Gasteiger charge is -2.20. The summed E-state index contributed by atoms with van der Waals surface area (Å²) in [7, 11) is 0. The van der Waals surface area contributed by atoms with Crippen LogP contribution in [0, 0.1) is 5.82 Å². The molecule has 6 heteroatoms. The molecule has 0 saturated heterocycles. The van der Waals surface area contributed by atoms with Crippen LogP contribution in [0.5, 0.6) is 0 Å². The van der Waals surface area contributed by atoms with Crippen LogP contribution in [0.4, 0.5) is 10.1 Å². The molecule has 132 valence electrons. The van der Waals surface area contributed by atoms with Gasteiger partial charge in [0.1, 0.15) is 5.82 Å². The summed E-state index contributed by atoms with van der Waals surface area (Å²) in [6.07, 6.45) is -0.172. The van der Waals surface area contributed by atoms with E-state index in [4.69, 9.17) is 0 Å². The monoisotopic (exact) mass is 344 g/mol. The third-order valence-electron chi connectivity index (χ3n) is 3.87. The van der Waals surface area contributed by atoms with Crippen molar-refractivity contribution in [1.82, 2.24) is 5.32 Å². The van der Waals surface area contributed by atoms with E-state index in [1.54, 1.807) is 19.1 Å². The van der Waals surface area contributed by atoms with Gasteiger partial charge < -0.3 is 15.7 Å². The summed E-state index contributed by atoms with van der Waals surface area (Å²) in [5, 5.41) is 15.1. The van der Waals surface area contributed by atoms with Gasteiger partial charge in [0.05, 0.1) is 12.1 Å². The fourth-order valence-corrected chi connectivity index (χ4v) is 2.31. The van der Waals surface area contributed by atoms with Gasteiger partial charge in [-0.25, -0.2) is 4.39 Å². The van der Waals surface area contributed by atoms with Gasteiger partial charge in [0.2, 0.25) is 0 Å². The average molecular weight is 344 g/mol. The van der Waals surface area contributed by atoms with Crippen molar-refractivity contribution in [1.29, 1.82) is 0 Å². The second-order valence-corrected chi connectivity index (χ2v) is 5.76. The molecule has 2 rings (SSSR count). The molecule has 0 saturated carbocycles. The normalized spacial score (nSPS) is 13.0. The molecule has 0 aliphatic carbocycles. The molecule has 0 radical (unpaired) electrons. The molecule has 0 bridgehead atoms. The minimum absolute atomic E-state index is 0.416. The molecular formula is C19H21FN2O3. The molecule has 0 aliphatic rings. The molecule has 0 fully saturated rings. The topological polar surface area (TPSA) is 78.4 Å². The first-order chi connectivity index (χ1) is 11.9. The quantitative estimate of drug-likeness (QED) is 0.730. The predicted molar refractivity (Wildman–Crippen MR) is 93.4 cm³/mol. The second-order valence-electron chi connectivity index (χ2n) is 5.76. The van der Waals surface area contributed by atoms with Crippen molar-refractivity contribution in [2.75, 3.05) is 5.32 Å². The Labute approximate surface area is 145 Å². The highest BCUT2D eigenvalue weighted by Crippen LogP contribution is 2.17. The van der Waals surface area contributed by atoms with Crippen molar-refractivity contribution in [3.63, 3.8) is 0 Å². The van der Waals surface area contributed by atoms with Crippen molar-refractivity contribution >= 4 is 17.5 Å². The van der Waals surface area contributed by atoms with E-state index in [-0.39, 0.29) is 0 Å². The van der Waals surface area contributed by atoms with Crippen LogP contribution in [0.3, 0.4) is 0 Å². The Morgan fingerprint density at radius 2 is 1.64 bits per heavy atom. The van der Waals surface area contributed by atoms with Gasteiger partial charge in [-0.2, -0.15) is 0 Å². The molecule has 5 nitrogen and oxygen atoms in total. The number of aliphatic hydroxyl groups excluding tert-OH is 1. The summed E-state index contributed by atoms with van der Waals surface area (Å²) in [4.78, 5) is 23.9. The smallest absolute Gasteiger partial charge is 0.313 e. The Morgan fingerprint density at radius 1 is 1.04 bits per heavy atom. The van der Waals surface area contributed by atoms with Crippen LogP contribution in [0.1, 0.15) is 31.1 Å². The van der Waals surface area contributed by atoms with E-state index in [1.807, 2.05) is 19.1 Å². The van der Waals surface area contributed by atoms with Crippen LogP contribution in [0.15, 0.2) is 48.5 Å². The highest BCUT2D eigenvalue weighted by Gasteiger charge is 2.22. The minimum atomic E-state index is -1.05. The van der Waals surface area contributed by atoms with Crippen LogP contribution in [0.25, 0.3) is 0 Å². The lowest BCUT2D eigenvalue weighted by Crippen LogP contribution is -2.43. The Balaban J connectivity index is 1.92. The molecule has 2 unspecified atom stereocenters. The van der Waals surface area contributed by atoms with Gasteiger partial charge in [0.15, 0.2) is 0 Å². The van der Waals surface area contributed by atoms with E-state index in [0.29, 0.717) is 11.3 Å². The number of carbonyl (C=O) groups excluding carboxylic acids is 2. The first-order valence-corrected chi connectivity index (χ1v) is 8.05. The molecule has 0 heterocycles. The van der Waals surface area contributed by atoms with E-state index in [9.17, 15) is 19.1 Å². The number of anilines is 1. The zero-order chi connectivity index (χ0) is 18.4. The molecule has 2 aromatic carbocycles. The van der Waals surface area contributed by atoms with E-state index >= 15 is 0 Å². The van der Waals surface area contributed by atoms with Crippen molar-refractivity contribution in [2.45, 2.75) is 32.4 Å². The van der Waals surface area contributed by atoms with Crippen molar-refractivity contribution in [3.8, 4) is 0 Å². The maximum atomic E-state index is 12.9. The Hall–Kier alpha value is -2.73. The molecule has 0 spiro atoms. The summed E-state index contributed by atoms with van der Waals surface area (Å²) in [5.41, 5.74) is 2.09.